The molecule has 0 atom stereocenters. The fourth-order valence-electron chi connectivity index (χ4n) is 3.59. The zero-order chi connectivity index (χ0) is 18.6. The lowest BCUT2D eigenvalue weighted by atomic mass is 10.1. The highest BCUT2D eigenvalue weighted by Gasteiger charge is 2.26. The molecule has 2 saturated heterocycles. The summed E-state index contributed by atoms with van der Waals surface area (Å²) >= 11 is 3.09. The van der Waals surface area contributed by atoms with Gasteiger partial charge in [-0.3, -0.25) is 14.5 Å². The lowest BCUT2D eigenvalue weighted by molar-refractivity contribution is -0.133. The molecule has 0 aromatic carbocycles. The van der Waals surface area contributed by atoms with Gasteiger partial charge in [-0.1, -0.05) is 6.07 Å². The number of rotatable bonds is 4. The van der Waals surface area contributed by atoms with Crippen molar-refractivity contribution < 1.29 is 9.59 Å². The molecule has 0 bridgehead atoms. The number of aromatic nitrogens is 1. The summed E-state index contributed by atoms with van der Waals surface area (Å²) in [6.07, 6.45) is 5.16. The van der Waals surface area contributed by atoms with E-state index in [0.29, 0.717) is 24.5 Å². The number of hydrogen-bond acceptors (Lipinski definition) is 6. The maximum atomic E-state index is 12.8. The summed E-state index contributed by atoms with van der Waals surface area (Å²) in [7, 11) is 0. The van der Waals surface area contributed by atoms with Crippen molar-refractivity contribution in [2.24, 2.45) is 0 Å². The summed E-state index contributed by atoms with van der Waals surface area (Å²) in [4.78, 5) is 37.4. The molecule has 2 aliphatic heterocycles. The third kappa shape index (κ3) is 4.39. The third-order valence-electron chi connectivity index (χ3n) is 5.18. The molecule has 2 fully saturated rings. The van der Waals surface area contributed by atoms with Crippen LogP contribution in [0.3, 0.4) is 0 Å². The maximum absolute atomic E-state index is 12.8. The van der Waals surface area contributed by atoms with Crippen molar-refractivity contribution in [3.8, 4) is 9.88 Å². The van der Waals surface area contributed by atoms with Crippen LogP contribution in [0.15, 0.2) is 23.7 Å². The van der Waals surface area contributed by atoms with Gasteiger partial charge in [0.1, 0.15) is 9.88 Å². The van der Waals surface area contributed by atoms with Gasteiger partial charge in [-0.05, 0) is 30.7 Å². The Morgan fingerprint density at radius 1 is 1.00 bits per heavy atom. The van der Waals surface area contributed by atoms with Gasteiger partial charge in [0.25, 0.3) is 5.91 Å². The molecular formula is C19H24N4O2S2. The molecule has 4 rings (SSSR count). The molecule has 8 heteroatoms. The van der Waals surface area contributed by atoms with Crippen molar-refractivity contribution in [1.82, 2.24) is 19.7 Å². The van der Waals surface area contributed by atoms with Crippen LogP contribution in [0.2, 0.25) is 0 Å². The van der Waals surface area contributed by atoms with Crippen LogP contribution in [0, 0.1) is 0 Å². The first-order chi connectivity index (χ1) is 13.2. The van der Waals surface area contributed by atoms with Gasteiger partial charge in [0.15, 0.2) is 0 Å². The molecule has 0 spiro atoms. The number of thiophene rings is 1. The SMILES string of the molecule is O=C(CN1CCN(C(=O)c2cnc(-c3cccs3)s2)CC1)N1CCCCC1. The molecule has 0 unspecified atom stereocenters. The Kier molecular flexibility index (Phi) is 5.85. The Balaban J connectivity index is 1.28. The summed E-state index contributed by atoms with van der Waals surface area (Å²) in [5, 5.41) is 2.92. The summed E-state index contributed by atoms with van der Waals surface area (Å²) < 4.78 is 0. The normalized spacial score (nSPS) is 18.7. The van der Waals surface area contributed by atoms with Crippen LogP contribution in [-0.2, 0) is 4.79 Å². The Labute approximate surface area is 167 Å². The molecule has 2 aliphatic rings. The second kappa shape index (κ2) is 8.50. The standard InChI is InChI=1S/C19H24N4O2S2/c24-17(22-6-2-1-3-7-22)14-21-8-10-23(11-9-21)19(25)16-13-20-18(27-16)15-5-4-12-26-15/h4-5,12-13H,1-3,6-11,14H2. The maximum Gasteiger partial charge on any atom is 0.265 e. The monoisotopic (exact) mass is 404 g/mol. The smallest absolute Gasteiger partial charge is 0.265 e. The third-order valence-corrected chi connectivity index (χ3v) is 7.20. The minimum Gasteiger partial charge on any atom is -0.342 e. The van der Waals surface area contributed by atoms with E-state index in [9.17, 15) is 9.59 Å². The molecule has 27 heavy (non-hydrogen) atoms. The number of piperazine rings is 1. The van der Waals surface area contributed by atoms with Crippen LogP contribution in [-0.4, -0.2) is 77.3 Å². The van der Waals surface area contributed by atoms with E-state index in [1.54, 1.807) is 17.5 Å². The van der Waals surface area contributed by atoms with E-state index >= 15 is 0 Å². The predicted octanol–water partition coefficient (Wildman–Crippen LogP) is 2.64. The van der Waals surface area contributed by atoms with E-state index in [2.05, 4.69) is 9.88 Å². The summed E-state index contributed by atoms with van der Waals surface area (Å²) in [6.45, 7) is 5.11. The van der Waals surface area contributed by atoms with E-state index in [0.717, 1.165) is 48.9 Å². The number of thiazole rings is 1. The lowest BCUT2D eigenvalue weighted by Gasteiger charge is -2.35. The minimum absolute atomic E-state index is 0.0531. The molecule has 144 valence electrons. The van der Waals surface area contributed by atoms with Gasteiger partial charge in [-0.25, -0.2) is 4.98 Å². The summed E-state index contributed by atoms with van der Waals surface area (Å²) in [5.41, 5.74) is 0. The second-order valence-electron chi connectivity index (χ2n) is 7.02. The number of carbonyl (C=O) groups is 2. The Hall–Kier alpha value is -1.77. The van der Waals surface area contributed by atoms with Gasteiger partial charge in [0.2, 0.25) is 5.91 Å². The van der Waals surface area contributed by atoms with Crippen LogP contribution in [0.5, 0.6) is 0 Å². The van der Waals surface area contributed by atoms with Crippen molar-refractivity contribution >= 4 is 34.5 Å². The van der Waals surface area contributed by atoms with E-state index in [4.69, 9.17) is 0 Å². The van der Waals surface area contributed by atoms with E-state index in [-0.39, 0.29) is 11.8 Å². The molecule has 0 aliphatic carbocycles. The highest BCUT2D eigenvalue weighted by Crippen LogP contribution is 2.29. The Bertz CT molecular complexity index is 775. The predicted molar refractivity (Wildman–Crippen MR) is 108 cm³/mol. The molecule has 0 radical (unpaired) electrons. The Morgan fingerprint density at radius 3 is 2.48 bits per heavy atom. The topological polar surface area (TPSA) is 56.8 Å². The quantitative estimate of drug-likeness (QED) is 0.786. The number of amides is 2. The highest BCUT2D eigenvalue weighted by molar-refractivity contribution is 7.21. The van der Waals surface area contributed by atoms with Gasteiger partial charge >= 0.3 is 0 Å². The van der Waals surface area contributed by atoms with Gasteiger partial charge in [0.05, 0.1) is 17.6 Å². The van der Waals surface area contributed by atoms with E-state index in [1.165, 1.54) is 17.8 Å². The molecular weight excluding hydrogens is 380 g/mol. The van der Waals surface area contributed by atoms with Crippen LogP contribution in [0.25, 0.3) is 9.88 Å². The fraction of sp³-hybridized carbons (Fsp3) is 0.526. The number of likely N-dealkylation sites (tertiary alicyclic amines) is 1. The summed E-state index contributed by atoms with van der Waals surface area (Å²) in [6, 6.07) is 4.02. The van der Waals surface area contributed by atoms with Crippen molar-refractivity contribution in [3.63, 3.8) is 0 Å². The number of piperidine rings is 1. The molecule has 4 heterocycles. The average molecular weight is 405 g/mol. The lowest BCUT2D eigenvalue weighted by Crippen LogP contribution is -2.51. The van der Waals surface area contributed by atoms with Crippen molar-refractivity contribution in [2.75, 3.05) is 45.8 Å². The zero-order valence-corrected chi connectivity index (χ0v) is 16.9. The number of nitrogens with zero attached hydrogens (tertiary/aromatic N) is 4. The molecule has 0 saturated carbocycles. The minimum atomic E-state index is 0.0531. The van der Waals surface area contributed by atoms with Gasteiger partial charge < -0.3 is 9.80 Å². The number of carbonyl (C=O) groups excluding carboxylic acids is 2. The second-order valence-corrected chi connectivity index (χ2v) is 9.00. The number of hydrogen-bond donors (Lipinski definition) is 0. The zero-order valence-electron chi connectivity index (χ0n) is 15.3. The molecule has 2 aromatic rings. The van der Waals surface area contributed by atoms with Crippen molar-refractivity contribution in [3.05, 3.63) is 28.6 Å². The first-order valence-corrected chi connectivity index (χ1v) is 11.2. The summed E-state index contributed by atoms with van der Waals surface area (Å²) in [5.74, 6) is 0.287. The fourth-order valence-corrected chi connectivity index (χ4v) is 5.27. The van der Waals surface area contributed by atoms with E-state index < -0.39 is 0 Å². The van der Waals surface area contributed by atoms with E-state index in [1.807, 2.05) is 27.3 Å². The first kappa shape index (κ1) is 18.6. The van der Waals surface area contributed by atoms with Crippen molar-refractivity contribution in [1.29, 1.82) is 0 Å². The van der Waals surface area contributed by atoms with Gasteiger partial charge in [-0.2, -0.15) is 0 Å². The van der Waals surface area contributed by atoms with Crippen LogP contribution < -0.4 is 0 Å². The van der Waals surface area contributed by atoms with Crippen LogP contribution in [0.1, 0.15) is 28.9 Å². The van der Waals surface area contributed by atoms with Gasteiger partial charge in [0, 0.05) is 39.3 Å². The highest BCUT2D eigenvalue weighted by atomic mass is 32.1. The first-order valence-electron chi connectivity index (χ1n) is 9.50. The molecule has 2 aromatic heterocycles. The van der Waals surface area contributed by atoms with Gasteiger partial charge in [-0.15, -0.1) is 22.7 Å². The van der Waals surface area contributed by atoms with Crippen LogP contribution in [0.4, 0.5) is 0 Å². The van der Waals surface area contributed by atoms with Crippen LogP contribution >= 0.6 is 22.7 Å². The Morgan fingerprint density at radius 2 is 1.78 bits per heavy atom. The average Bonchev–Trinajstić information content (AvgIpc) is 3.40. The molecule has 6 nitrogen and oxygen atoms in total. The largest absolute Gasteiger partial charge is 0.342 e. The van der Waals surface area contributed by atoms with Crippen molar-refractivity contribution in [2.45, 2.75) is 19.3 Å². The molecule has 0 N–H and O–H groups in total. The molecule has 2 amide bonds.